The monoisotopic (exact) mass is 364 g/mol. The van der Waals surface area contributed by atoms with Crippen LogP contribution < -0.4 is 0 Å². The van der Waals surface area contributed by atoms with E-state index in [1.165, 1.54) is 12.1 Å². The third-order valence-corrected chi connectivity index (χ3v) is 5.12. The van der Waals surface area contributed by atoms with Crippen molar-refractivity contribution in [3.8, 4) is 11.3 Å². The Labute approximate surface area is 157 Å². The number of rotatable bonds is 4. The van der Waals surface area contributed by atoms with E-state index < -0.39 is 0 Å². The van der Waals surface area contributed by atoms with Crippen LogP contribution in [0.5, 0.6) is 0 Å². The van der Waals surface area contributed by atoms with Crippen LogP contribution in [0.15, 0.2) is 54.9 Å². The molecule has 4 rings (SSSR count). The Bertz CT molecular complexity index is 899. The third kappa shape index (κ3) is 4.05. The number of nitrogens with one attached hydrogen (secondary N) is 1. The first kappa shape index (κ1) is 17.4. The molecule has 1 saturated heterocycles. The summed E-state index contributed by atoms with van der Waals surface area (Å²) >= 11 is 0. The van der Waals surface area contributed by atoms with Crippen LogP contribution in [-0.2, 0) is 6.42 Å². The highest BCUT2D eigenvalue weighted by Crippen LogP contribution is 2.24. The first-order valence-corrected chi connectivity index (χ1v) is 9.18. The zero-order valence-electron chi connectivity index (χ0n) is 14.9. The number of aromatic amines is 1. The molecule has 2 aromatic heterocycles. The highest BCUT2D eigenvalue weighted by molar-refractivity contribution is 5.93. The first-order chi connectivity index (χ1) is 13.2. The van der Waals surface area contributed by atoms with Crippen LogP contribution in [0.3, 0.4) is 0 Å². The van der Waals surface area contributed by atoms with Gasteiger partial charge in [0.2, 0.25) is 0 Å². The first-order valence-electron chi connectivity index (χ1n) is 9.18. The van der Waals surface area contributed by atoms with E-state index in [1.54, 1.807) is 18.5 Å². The van der Waals surface area contributed by atoms with Crippen molar-refractivity contribution in [2.24, 2.45) is 5.92 Å². The molecule has 0 unspecified atom stereocenters. The quantitative estimate of drug-likeness (QED) is 0.768. The van der Waals surface area contributed by atoms with Crippen molar-refractivity contribution in [2.45, 2.75) is 19.3 Å². The summed E-state index contributed by atoms with van der Waals surface area (Å²) < 4.78 is 13.0. The molecule has 1 aliphatic heterocycles. The van der Waals surface area contributed by atoms with Crippen molar-refractivity contribution in [2.75, 3.05) is 13.1 Å². The normalized spacial score (nSPS) is 15.1. The van der Waals surface area contributed by atoms with Gasteiger partial charge in [0, 0.05) is 31.0 Å². The van der Waals surface area contributed by atoms with Crippen molar-refractivity contribution in [3.63, 3.8) is 0 Å². The molecule has 1 aliphatic rings. The van der Waals surface area contributed by atoms with Crippen molar-refractivity contribution < 1.29 is 9.18 Å². The lowest BCUT2D eigenvalue weighted by Crippen LogP contribution is -2.39. The van der Waals surface area contributed by atoms with Gasteiger partial charge in [-0.1, -0.05) is 12.1 Å². The van der Waals surface area contributed by atoms with Gasteiger partial charge in [0.15, 0.2) is 0 Å². The molecule has 1 amide bonds. The zero-order chi connectivity index (χ0) is 18.6. The minimum atomic E-state index is -0.204. The molecule has 1 N–H and O–H groups in total. The van der Waals surface area contributed by atoms with Crippen molar-refractivity contribution >= 4 is 5.91 Å². The molecule has 27 heavy (non-hydrogen) atoms. The predicted molar refractivity (Wildman–Crippen MR) is 101 cm³/mol. The summed E-state index contributed by atoms with van der Waals surface area (Å²) in [6.07, 6.45) is 6.25. The van der Waals surface area contributed by atoms with E-state index in [9.17, 15) is 9.18 Å². The largest absolute Gasteiger partial charge is 0.337 e. The van der Waals surface area contributed by atoms with Crippen molar-refractivity contribution in [1.29, 1.82) is 0 Å². The molecule has 3 aromatic rings. The van der Waals surface area contributed by atoms with Crippen molar-refractivity contribution in [1.82, 2.24) is 20.1 Å². The number of piperidine rings is 1. The molecule has 1 aromatic carbocycles. The number of carbonyl (C=O) groups is 1. The Hall–Kier alpha value is -3.02. The van der Waals surface area contributed by atoms with Gasteiger partial charge in [-0.05, 0) is 61.1 Å². The average Bonchev–Trinajstić information content (AvgIpc) is 3.21. The van der Waals surface area contributed by atoms with Gasteiger partial charge in [0.05, 0.1) is 5.69 Å². The number of likely N-dealkylation sites (tertiary alicyclic amines) is 1. The molecule has 0 bridgehead atoms. The van der Waals surface area contributed by atoms with Gasteiger partial charge in [0.25, 0.3) is 5.91 Å². The summed E-state index contributed by atoms with van der Waals surface area (Å²) in [6.45, 7) is 1.46. The molecule has 0 saturated carbocycles. The van der Waals surface area contributed by atoms with Gasteiger partial charge in [-0.3, -0.25) is 14.9 Å². The molecule has 138 valence electrons. The smallest absolute Gasteiger partial charge is 0.271 e. The third-order valence-electron chi connectivity index (χ3n) is 5.12. The van der Waals surface area contributed by atoms with Crippen molar-refractivity contribution in [3.05, 3.63) is 71.9 Å². The Morgan fingerprint density at radius 3 is 2.52 bits per heavy atom. The van der Waals surface area contributed by atoms with Crippen LogP contribution >= 0.6 is 0 Å². The maximum atomic E-state index is 13.0. The van der Waals surface area contributed by atoms with E-state index in [2.05, 4.69) is 15.2 Å². The summed E-state index contributed by atoms with van der Waals surface area (Å²) in [7, 11) is 0. The molecule has 1 fully saturated rings. The SMILES string of the molecule is O=C(c1cc(-c2ccncc2)n[nH]1)N1CCC(Cc2ccc(F)cc2)CC1. The number of hydrogen-bond donors (Lipinski definition) is 1. The summed E-state index contributed by atoms with van der Waals surface area (Å²) in [6, 6.07) is 12.2. The Balaban J connectivity index is 1.35. The van der Waals surface area contributed by atoms with Gasteiger partial charge in [-0.15, -0.1) is 0 Å². The molecule has 0 atom stereocenters. The molecular weight excluding hydrogens is 343 g/mol. The lowest BCUT2D eigenvalue weighted by Gasteiger charge is -2.31. The van der Waals surface area contributed by atoms with Crippen LogP contribution in [0.4, 0.5) is 4.39 Å². The van der Waals surface area contributed by atoms with Gasteiger partial charge >= 0.3 is 0 Å². The maximum Gasteiger partial charge on any atom is 0.271 e. The molecule has 0 aliphatic carbocycles. The lowest BCUT2D eigenvalue weighted by molar-refractivity contribution is 0.0684. The summed E-state index contributed by atoms with van der Waals surface area (Å²) in [5.74, 6) is 0.307. The second-order valence-electron chi connectivity index (χ2n) is 6.97. The van der Waals surface area contributed by atoms with Gasteiger partial charge in [0.1, 0.15) is 11.5 Å². The Morgan fingerprint density at radius 1 is 1.11 bits per heavy atom. The van der Waals surface area contributed by atoms with E-state index in [-0.39, 0.29) is 11.7 Å². The second-order valence-corrected chi connectivity index (χ2v) is 6.97. The number of aromatic nitrogens is 3. The fourth-order valence-electron chi connectivity index (χ4n) is 3.57. The lowest BCUT2D eigenvalue weighted by atomic mass is 9.90. The van der Waals surface area contributed by atoms with E-state index in [4.69, 9.17) is 0 Å². The molecule has 0 spiro atoms. The zero-order valence-corrected chi connectivity index (χ0v) is 14.9. The molecule has 0 radical (unpaired) electrons. The number of benzene rings is 1. The fraction of sp³-hybridized carbons (Fsp3) is 0.286. The highest BCUT2D eigenvalue weighted by Gasteiger charge is 2.25. The van der Waals surface area contributed by atoms with Gasteiger partial charge in [-0.25, -0.2) is 4.39 Å². The second kappa shape index (κ2) is 7.70. The maximum absolute atomic E-state index is 13.0. The van der Waals surface area contributed by atoms with Crippen LogP contribution in [0.1, 0.15) is 28.9 Å². The van der Waals surface area contributed by atoms with E-state index in [1.807, 2.05) is 29.2 Å². The molecule has 6 heteroatoms. The van der Waals surface area contributed by atoms with Crippen LogP contribution in [0, 0.1) is 11.7 Å². The number of H-pyrrole nitrogens is 1. The van der Waals surface area contributed by atoms with E-state index in [0.29, 0.717) is 11.6 Å². The van der Waals surface area contributed by atoms with Crippen LogP contribution in [0.25, 0.3) is 11.3 Å². The Kier molecular flexibility index (Phi) is 4.96. The molecule has 3 heterocycles. The standard InChI is InChI=1S/C21H21FN4O/c22-18-3-1-15(2-4-18)13-16-7-11-26(12-8-16)21(27)20-14-19(24-25-20)17-5-9-23-10-6-17/h1-6,9-10,14,16H,7-8,11-13H2,(H,24,25). The highest BCUT2D eigenvalue weighted by atomic mass is 19.1. The summed E-state index contributed by atoms with van der Waals surface area (Å²) in [5, 5.41) is 7.11. The average molecular weight is 364 g/mol. The number of halogens is 1. The van der Waals surface area contributed by atoms with Crippen LogP contribution in [-0.4, -0.2) is 39.1 Å². The number of carbonyl (C=O) groups excluding carboxylic acids is 1. The molecule has 5 nitrogen and oxygen atoms in total. The molecular formula is C21H21FN4O. The summed E-state index contributed by atoms with van der Waals surface area (Å²) in [4.78, 5) is 18.6. The minimum Gasteiger partial charge on any atom is -0.337 e. The topological polar surface area (TPSA) is 61.9 Å². The number of hydrogen-bond acceptors (Lipinski definition) is 3. The number of amides is 1. The van der Waals surface area contributed by atoms with Crippen LogP contribution in [0.2, 0.25) is 0 Å². The fourth-order valence-corrected chi connectivity index (χ4v) is 3.57. The van der Waals surface area contributed by atoms with E-state index in [0.717, 1.165) is 49.2 Å². The Morgan fingerprint density at radius 2 is 1.81 bits per heavy atom. The minimum absolute atomic E-state index is 0.0111. The number of pyridine rings is 1. The van der Waals surface area contributed by atoms with Gasteiger partial charge < -0.3 is 4.90 Å². The predicted octanol–water partition coefficient (Wildman–Crippen LogP) is 3.71. The van der Waals surface area contributed by atoms with Gasteiger partial charge in [-0.2, -0.15) is 5.10 Å². The van der Waals surface area contributed by atoms with E-state index >= 15 is 0 Å². The summed E-state index contributed by atoms with van der Waals surface area (Å²) in [5.41, 5.74) is 3.33. The number of nitrogens with zero attached hydrogens (tertiary/aromatic N) is 3.